The van der Waals surface area contributed by atoms with Crippen molar-refractivity contribution in [3.8, 4) is 28.5 Å². The fourth-order valence-electron chi connectivity index (χ4n) is 7.26. The third kappa shape index (κ3) is 4.14. The molecule has 1 fully saturated rings. The predicted molar refractivity (Wildman–Crippen MR) is 178 cm³/mol. The van der Waals surface area contributed by atoms with Crippen LogP contribution in [0.25, 0.3) is 22.8 Å². The normalized spacial score (nSPS) is 23.8. The summed E-state index contributed by atoms with van der Waals surface area (Å²) in [6.07, 6.45) is 22.5. The van der Waals surface area contributed by atoms with E-state index in [0.29, 0.717) is 17.6 Å². The lowest BCUT2D eigenvalue weighted by Gasteiger charge is -2.32. The molecule has 0 amide bonds. The van der Waals surface area contributed by atoms with Crippen molar-refractivity contribution in [1.82, 2.24) is 15.0 Å². The molecule has 9 rings (SSSR count). The molecule has 4 aromatic rings. The molecule has 3 aromatic carbocycles. The largest absolute Gasteiger partial charge is 0.508 e. The fourth-order valence-corrected chi connectivity index (χ4v) is 7.26. The monoisotopic (exact) mass is 583 g/mol. The number of hydrogen-bond donors (Lipinski definition) is 1. The van der Waals surface area contributed by atoms with Gasteiger partial charge in [-0.05, 0) is 47.1 Å². The minimum absolute atomic E-state index is 0.0339. The third-order valence-electron chi connectivity index (χ3n) is 9.22. The number of benzene rings is 3. The molecule has 5 aliphatic rings. The molecule has 0 bridgehead atoms. The van der Waals surface area contributed by atoms with Crippen LogP contribution in [0.4, 0.5) is 11.6 Å². The van der Waals surface area contributed by atoms with Gasteiger partial charge in [-0.15, -0.1) is 0 Å². The number of hydrogen-bond acceptors (Lipinski definition) is 6. The van der Waals surface area contributed by atoms with Crippen molar-refractivity contribution in [2.45, 2.75) is 18.1 Å². The molecule has 6 nitrogen and oxygen atoms in total. The second-order valence-electron chi connectivity index (χ2n) is 11.8. The van der Waals surface area contributed by atoms with Crippen molar-refractivity contribution in [3.63, 3.8) is 0 Å². The maximum Gasteiger partial charge on any atom is 0.231 e. The Kier molecular flexibility index (Phi) is 5.81. The van der Waals surface area contributed by atoms with Gasteiger partial charge in [0.25, 0.3) is 0 Å². The van der Waals surface area contributed by atoms with Crippen LogP contribution in [0, 0.1) is 5.92 Å². The molecule has 1 aromatic heterocycles. The van der Waals surface area contributed by atoms with E-state index < -0.39 is 0 Å². The second-order valence-corrected chi connectivity index (χ2v) is 11.8. The van der Waals surface area contributed by atoms with Crippen LogP contribution in [0.15, 0.2) is 168 Å². The zero-order chi connectivity index (χ0) is 29.9. The molecular formula is C39H29N5O. The first kappa shape index (κ1) is 25.7. The minimum atomic E-state index is -0.0603. The number of aromatic hydroxyl groups is 1. The molecule has 45 heavy (non-hydrogen) atoms. The molecule has 3 aliphatic carbocycles. The lowest BCUT2D eigenvalue weighted by molar-refractivity contribution is 0.475. The summed E-state index contributed by atoms with van der Waals surface area (Å²) in [7, 11) is 0. The van der Waals surface area contributed by atoms with Crippen molar-refractivity contribution >= 4 is 11.6 Å². The third-order valence-corrected chi connectivity index (χ3v) is 9.22. The van der Waals surface area contributed by atoms with Gasteiger partial charge >= 0.3 is 0 Å². The number of allylic oxidation sites excluding steroid dienone is 5. The zero-order valence-corrected chi connectivity index (χ0v) is 24.3. The number of phenols is 1. The van der Waals surface area contributed by atoms with E-state index in [1.807, 2.05) is 42.5 Å². The summed E-state index contributed by atoms with van der Waals surface area (Å²) in [5.74, 6) is 2.14. The lowest BCUT2D eigenvalue weighted by atomic mass is 9.85. The molecule has 2 aliphatic heterocycles. The first-order valence-corrected chi connectivity index (χ1v) is 15.3. The van der Waals surface area contributed by atoms with Gasteiger partial charge in [-0.2, -0.15) is 9.97 Å². The first-order valence-electron chi connectivity index (χ1n) is 15.3. The van der Waals surface area contributed by atoms with Crippen molar-refractivity contribution < 1.29 is 5.11 Å². The van der Waals surface area contributed by atoms with Crippen molar-refractivity contribution in [2.24, 2.45) is 5.92 Å². The summed E-state index contributed by atoms with van der Waals surface area (Å²) in [5, 5.41) is 10.3. The van der Waals surface area contributed by atoms with Crippen LogP contribution in [0.2, 0.25) is 0 Å². The average Bonchev–Trinajstić information content (AvgIpc) is 3.60. The number of nitrogens with zero attached hydrogens (tertiary/aromatic N) is 5. The van der Waals surface area contributed by atoms with Gasteiger partial charge in [0.2, 0.25) is 5.95 Å². The Morgan fingerprint density at radius 3 is 2.20 bits per heavy atom. The summed E-state index contributed by atoms with van der Waals surface area (Å²) in [4.78, 5) is 19.9. The zero-order valence-electron chi connectivity index (χ0n) is 24.3. The highest BCUT2D eigenvalue weighted by atomic mass is 16.3. The first-order chi connectivity index (χ1) is 22.2. The summed E-state index contributed by atoms with van der Waals surface area (Å²) >= 11 is 0. The number of rotatable bonds is 4. The quantitative estimate of drug-likeness (QED) is 0.271. The highest BCUT2D eigenvalue weighted by Gasteiger charge is 2.47. The predicted octanol–water partition coefficient (Wildman–Crippen LogP) is 7.35. The molecule has 0 spiro atoms. The summed E-state index contributed by atoms with van der Waals surface area (Å²) in [6.45, 7) is 0. The van der Waals surface area contributed by atoms with Crippen molar-refractivity contribution in [3.05, 3.63) is 168 Å². The Hall–Kier alpha value is -5.75. The molecule has 0 saturated carbocycles. The molecule has 4 atom stereocenters. The van der Waals surface area contributed by atoms with Crippen molar-refractivity contribution in [1.29, 1.82) is 0 Å². The smallest absolute Gasteiger partial charge is 0.231 e. The van der Waals surface area contributed by atoms with Crippen LogP contribution >= 0.6 is 0 Å². The molecular weight excluding hydrogens is 554 g/mol. The number of para-hydroxylation sites is 1. The average molecular weight is 584 g/mol. The van der Waals surface area contributed by atoms with Crippen LogP contribution in [-0.4, -0.2) is 38.2 Å². The number of anilines is 2. The second kappa shape index (κ2) is 10.2. The summed E-state index contributed by atoms with van der Waals surface area (Å²) in [5.41, 5.74) is 7.92. The van der Waals surface area contributed by atoms with E-state index in [4.69, 9.17) is 15.0 Å². The molecule has 216 valence electrons. The van der Waals surface area contributed by atoms with E-state index in [-0.39, 0.29) is 29.8 Å². The Morgan fingerprint density at radius 2 is 1.38 bits per heavy atom. The van der Waals surface area contributed by atoms with Crippen LogP contribution in [0.3, 0.4) is 0 Å². The minimum Gasteiger partial charge on any atom is -0.508 e. The van der Waals surface area contributed by atoms with E-state index in [0.717, 1.165) is 11.1 Å². The van der Waals surface area contributed by atoms with E-state index >= 15 is 0 Å². The number of phenolic OH excluding ortho intramolecular Hbond substituents is 1. The molecule has 0 radical (unpaired) electrons. The fraction of sp³-hybridized carbons (Fsp3) is 0.103. The SMILES string of the molecule is Oc1cccc(-c2nc(-c3ccccc3)nc(N3C4C=CC=CC4=C4C=C5C(=CC43)C3C=CC=CC3N5c3ccccc3)n2)c1. The Bertz CT molecular complexity index is 2050. The van der Waals surface area contributed by atoms with Crippen LogP contribution in [0.5, 0.6) is 5.75 Å². The van der Waals surface area contributed by atoms with Gasteiger partial charge in [0, 0.05) is 28.4 Å². The van der Waals surface area contributed by atoms with Crippen LogP contribution in [0.1, 0.15) is 0 Å². The molecule has 4 unspecified atom stereocenters. The van der Waals surface area contributed by atoms with Gasteiger partial charge in [0.15, 0.2) is 11.6 Å². The highest BCUT2D eigenvalue weighted by Crippen LogP contribution is 2.50. The molecule has 6 heteroatoms. The van der Waals surface area contributed by atoms with E-state index in [1.165, 1.54) is 28.1 Å². The van der Waals surface area contributed by atoms with Gasteiger partial charge in [0.1, 0.15) is 5.75 Å². The maximum atomic E-state index is 10.3. The van der Waals surface area contributed by atoms with Gasteiger partial charge in [0.05, 0.1) is 18.1 Å². The topological polar surface area (TPSA) is 65.4 Å². The summed E-state index contributed by atoms with van der Waals surface area (Å²) < 4.78 is 0. The van der Waals surface area contributed by atoms with Gasteiger partial charge in [-0.3, -0.25) is 0 Å². The Labute approximate surface area is 261 Å². The standard InChI is InChI=1S/C39H29N5O/c45-28-17-11-14-26(22-28)38-40-37(25-12-3-1-4-13-25)41-39(42-38)44-34-21-10-8-19-30(34)32-23-35-31(24-36(32)44)29-18-7-9-20-33(29)43(35)27-15-5-2-6-16-27/h1-24,29,33-34,36,45H. The molecule has 1 N–H and O–H groups in total. The Morgan fingerprint density at radius 1 is 0.644 bits per heavy atom. The van der Waals surface area contributed by atoms with E-state index in [1.54, 1.807) is 12.1 Å². The van der Waals surface area contributed by atoms with Crippen molar-refractivity contribution in [2.75, 3.05) is 9.80 Å². The number of fused-ring (bicyclic) bond motifs is 5. The lowest BCUT2D eigenvalue weighted by Crippen LogP contribution is -2.39. The van der Waals surface area contributed by atoms with E-state index in [2.05, 4.69) is 101 Å². The summed E-state index contributed by atoms with van der Waals surface area (Å²) in [6, 6.07) is 27.9. The molecule has 1 saturated heterocycles. The van der Waals surface area contributed by atoms with Crippen LogP contribution in [-0.2, 0) is 0 Å². The van der Waals surface area contributed by atoms with E-state index in [9.17, 15) is 5.11 Å². The van der Waals surface area contributed by atoms with Gasteiger partial charge in [-0.25, -0.2) is 4.98 Å². The molecule has 3 heterocycles. The van der Waals surface area contributed by atoms with Gasteiger partial charge in [-0.1, -0.05) is 115 Å². The maximum absolute atomic E-state index is 10.3. The van der Waals surface area contributed by atoms with Gasteiger partial charge < -0.3 is 14.9 Å². The number of aromatic nitrogens is 3. The van der Waals surface area contributed by atoms with Crippen LogP contribution < -0.4 is 9.80 Å². The highest BCUT2D eigenvalue weighted by molar-refractivity contribution is 5.75. The Balaban J connectivity index is 1.22.